The molecule has 0 saturated carbocycles. The molecule has 1 amide bonds. The Labute approximate surface area is 139 Å². The van der Waals surface area contributed by atoms with E-state index in [0.29, 0.717) is 11.1 Å². The molecule has 2 aromatic rings. The second kappa shape index (κ2) is 8.59. The minimum Gasteiger partial charge on any atom is -0.366 e. The van der Waals surface area contributed by atoms with Gasteiger partial charge in [0.25, 0.3) is 0 Å². The number of rotatable bonds is 7. The predicted molar refractivity (Wildman–Crippen MR) is 88.2 cm³/mol. The molecule has 6 nitrogen and oxygen atoms in total. The summed E-state index contributed by atoms with van der Waals surface area (Å²) in [6.45, 7) is 1.40. The van der Waals surface area contributed by atoms with Crippen molar-refractivity contribution in [2.75, 3.05) is 6.54 Å². The van der Waals surface area contributed by atoms with Gasteiger partial charge in [-0.05, 0) is 19.1 Å². The van der Waals surface area contributed by atoms with Crippen LogP contribution < -0.4 is 10.8 Å². The molecule has 0 aromatic heterocycles. The van der Waals surface area contributed by atoms with Crippen LogP contribution >= 0.6 is 0 Å². The number of nitrogens with one attached hydrogen (secondary N) is 2. The second-order valence-electron chi connectivity index (χ2n) is 5.10. The predicted octanol–water partition coefficient (Wildman–Crippen LogP) is 1.74. The van der Waals surface area contributed by atoms with E-state index in [1.807, 2.05) is 6.07 Å². The van der Waals surface area contributed by atoms with Crippen LogP contribution in [0.4, 0.5) is 0 Å². The number of hydrogen-bond acceptors (Lipinski definition) is 5. The number of Topliss-reactive ketones (excluding diaryl/α,β-unsaturated/α-hetero) is 1. The molecule has 0 radical (unpaired) electrons. The Hall–Kier alpha value is -2.99. The number of hydrogen-bond donors (Lipinski definition) is 2. The fourth-order valence-electron chi connectivity index (χ4n) is 1.88. The molecule has 0 spiro atoms. The zero-order chi connectivity index (χ0) is 17.4. The van der Waals surface area contributed by atoms with Gasteiger partial charge in [0, 0.05) is 5.56 Å². The zero-order valence-corrected chi connectivity index (χ0v) is 13.2. The molecule has 0 saturated heterocycles. The fraction of sp³-hybridized carbons (Fsp3) is 0.167. The molecule has 0 unspecified atom stereocenters. The van der Waals surface area contributed by atoms with E-state index < -0.39 is 17.9 Å². The van der Waals surface area contributed by atoms with Crippen molar-refractivity contribution in [2.24, 2.45) is 0 Å². The Morgan fingerprint density at radius 1 is 0.917 bits per heavy atom. The first kappa shape index (κ1) is 17.4. The first-order valence-corrected chi connectivity index (χ1v) is 7.45. The Bertz CT molecular complexity index is 701. The van der Waals surface area contributed by atoms with Crippen molar-refractivity contribution in [3.8, 4) is 0 Å². The Morgan fingerprint density at radius 3 is 2.04 bits per heavy atom. The number of carbonyl (C=O) groups excluding carboxylic acids is 3. The lowest BCUT2D eigenvalue weighted by Gasteiger charge is -2.13. The lowest BCUT2D eigenvalue weighted by atomic mass is 10.1. The number of carbonyl (C=O) groups is 3. The van der Waals surface area contributed by atoms with Crippen LogP contribution in [0.1, 0.15) is 27.6 Å². The second-order valence-corrected chi connectivity index (χ2v) is 5.10. The first-order valence-electron chi connectivity index (χ1n) is 7.45. The summed E-state index contributed by atoms with van der Waals surface area (Å²) < 4.78 is 0. The van der Waals surface area contributed by atoms with E-state index >= 15 is 0 Å². The quantitative estimate of drug-likeness (QED) is 0.598. The van der Waals surface area contributed by atoms with E-state index in [2.05, 4.69) is 10.8 Å². The van der Waals surface area contributed by atoms with E-state index in [4.69, 9.17) is 4.84 Å². The smallest absolute Gasteiger partial charge is 0.356 e. The van der Waals surface area contributed by atoms with Crippen LogP contribution in [0.25, 0.3) is 0 Å². The van der Waals surface area contributed by atoms with Gasteiger partial charge in [0.1, 0.15) is 6.04 Å². The summed E-state index contributed by atoms with van der Waals surface area (Å²) in [5.74, 6) is -1.23. The highest BCUT2D eigenvalue weighted by Gasteiger charge is 2.16. The topological polar surface area (TPSA) is 84.5 Å². The summed E-state index contributed by atoms with van der Waals surface area (Å²) in [5.41, 5.74) is 3.27. The number of hydroxylamine groups is 1. The molecule has 0 aliphatic rings. The third kappa shape index (κ3) is 5.03. The van der Waals surface area contributed by atoms with Crippen molar-refractivity contribution in [2.45, 2.75) is 13.0 Å². The first-order chi connectivity index (χ1) is 11.6. The van der Waals surface area contributed by atoms with Gasteiger partial charge in [0.05, 0.1) is 12.1 Å². The van der Waals surface area contributed by atoms with Crippen LogP contribution in [0.3, 0.4) is 0 Å². The van der Waals surface area contributed by atoms with Gasteiger partial charge in [-0.2, -0.15) is 0 Å². The summed E-state index contributed by atoms with van der Waals surface area (Å²) in [4.78, 5) is 40.4. The number of amides is 1. The summed E-state index contributed by atoms with van der Waals surface area (Å²) in [6.07, 6.45) is 0. The SMILES string of the molecule is C[C@H](NOC(=O)c1ccccc1)C(=O)NCC(=O)c1ccccc1. The summed E-state index contributed by atoms with van der Waals surface area (Å²) in [7, 11) is 0. The van der Waals surface area contributed by atoms with Crippen molar-refractivity contribution in [3.05, 3.63) is 71.8 Å². The Morgan fingerprint density at radius 2 is 1.46 bits per heavy atom. The van der Waals surface area contributed by atoms with Gasteiger partial charge in [-0.1, -0.05) is 48.5 Å². The van der Waals surface area contributed by atoms with E-state index in [0.717, 1.165) is 0 Å². The van der Waals surface area contributed by atoms with Gasteiger partial charge in [0.15, 0.2) is 5.78 Å². The largest absolute Gasteiger partial charge is 0.366 e. The summed E-state index contributed by atoms with van der Waals surface area (Å²) in [6, 6.07) is 16.3. The van der Waals surface area contributed by atoms with Gasteiger partial charge in [0.2, 0.25) is 5.91 Å². The standard InChI is InChI=1S/C18H18N2O4/c1-13(20-24-18(23)15-10-6-3-7-11-15)17(22)19-12-16(21)14-8-4-2-5-9-14/h2-11,13,20H,12H2,1H3,(H,19,22)/t13-/m0/s1. The van der Waals surface area contributed by atoms with Crippen LogP contribution in [0, 0.1) is 0 Å². The third-order valence-electron chi connectivity index (χ3n) is 3.25. The molecular weight excluding hydrogens is 308 g/mol. The third-order valence-corrected chi connectivity index (χ3v) is 3.25. The van der Waals surface area contributed by atoms with E-state index in [9.17, 15) is 14.4 Å². The molecule has 0 aliphatic heterocycles. The average Bonchev–Trinajstić information content (AvgIpc) is 2.64. The van der Waals surface area contributed by atoms with E-state index in [-0.39, 0.29) is 12.3 Å². The number of benzene rings is 2. The highest BCUT2D eigenvalue weighted by atomic mass is 16.7. The zero-order valence-electron chi connectivity index (χ0n) is 13.2. The molecule has 2 aromatic carbocycles. The summed E-state index contributed by atoms with van der Waals surface area (Å²) >= 11 is 0. The monoisotopic (exact) mass is 326 g/mol. The molecule has 2 rings (SSSR count). The van der Waals surface area contributed by atoms with Gasteiger partial charge in [-0.15, -0.1) is 5.48 Å². The highest BCUT2D eigenvalue weighted by Crippen LogP contribution is 2.01. The maximum Gasteiger partial charge on any atom is 0.356 e. The minimum absolute atomic E-state index is 0.124. The van der Waals surface area contributed by atoms with Crippen LogP contribution in [-0.4, -0.2) is 30.2 Å². The molecule has 0 heterocycles. The maximum absolute atomic E-state index is 11.9. The number of ketones is 1. The fourth-order valence-corrected chi connectivity index (χ4v) is 1.88. The molecule has 0 aliphatic carbocycles. The van der Waals surface area contributed by atoms with Crippen molar-refractivity contribution in [1.29, 1.82) is 0 Å². The minimum atomic E-state index is -0.791. The Balaban J connectivity index is 1.76. The van der Waals surface area contributed by atoms with Crippen molar-refractivity contribution in [3.63, 3.8) is 0 Å². The lowest BCUT2D eigenvalue weighted by Crippen LogP contribution is -2.44. The Kier molecular flexibility index (Phi) is 6.22. The van der Waals surface area contributed by atoms with Crippen molar-refractivity contribution < 1.29 is 19.2 Å². The van der Waals surface area contributed by atoms with Gasteiger partial charge in [-0.25, -0.2) is 4.79 Å². The molecule has 1 atom stereocenters. The van der Waals surface area contributed by atoms with Crippen LogP contribution in [0.2, 0.25) is 0 Å². The van der Waals surface area contributed by atoms with Crippen molar-refractivity contribution in [1.82, 2.24) is 10.8 Å². The molecule has 0 fully saturated rings. The molecule has 124 valence electrons. The maximum atomic E-state index is 11.9. The lowest BCUT2D eigenvalue weighted by molar-refractivity contribution is -0.125. The van der Waals surface area contributed by atoms with Gasteiger partial charge in [-0.3, -0.25) is 9.59 Å². The van der Waals surface area contributed by atoms with E-state index in [1.54, 1.807) is 54.6 Å². The average molecular weight is 326 g/mol. The van der Waals surface area contributed by atoms with Gasteiger partial charge >= 0.3 is 5.97 Å². The molecule has 6 heteroatoms. The van der Waals surface area contributed by atoms with Crippen LogP contribution in [0.15, 0.2) is 60.7 Å². The normalized spacial score (nSPS) is 11.4. The van der Waals surface area contributed by atoms with Crippen LogP contribution in [-0.2, 0) is 9.63 Å². The van der Waals surface area contributed by atoms with E-state index in [1.165, 1.54) is 6.92 Å². The molecule has 24 heavy (non-hydrogen) atoms. The van der Waals surface area contributed by atoms with Crippen LogP contribution in [0.5, 0.6) is 0 Å². The molecule has 0 bridgehead atoms. The highest BCUT2D eigenvalue weighted by molar-refractivity contribution is 5.99. The van der Waals surface area contributed by atoms with Crippen molar-refractivity contribution >= 4 is 17.7 Å². The molecular formula is C18H18N2O4. The summed E-state index contributed by atoms with van der Waals surface area (Å²) in [5, 5.41) is 2.50. The molecule has 2 N–H and O–H groups in total. The van der Waals surface area contributed by atoms with Gasteiger partial charge < -0.3 is 10.2 Å².